The van der Waals surface area contributed by atoms with Gasteiger partial charge in [0.25, 0.3) is 5.91 Å². The Kier molecular flexibility index (Phi) is 3.72. The number of fused-ring (bicyclic) bond motifs is 1. The predicted octanol–water partition coefficient (Wildman–Crippen LogP) is 2.49. The summed E-state index contributed by atoms with van der Waals surface area (Å²) in [6.45, 7) is 0.664. The van der Waals surface area contributed by atoms with Crippen LogP contribution >= 0.6 is 0 Å². The molecule has 1 aliphatic rings. The first-order chi connectivity index (χ1) is 12.1. The van der Waals surface area contributed by atoms with Gasteiger partial charge in [0.1, 0.15) is 0 Å². The molecule has 2 N–H and O–H groups in total. The van der Waals surface area contributed by atoms with Crippen LogP contribution in [0.5, 0.6) is 0 Å². The molecule has 0 saturated carbocycles. The fraction of sp³-hybridized carbons (Fsp3) is 0.211. The topological polar surface area (TPSA) is 73.9 Å². The molecule has 0 saturated heterocycles. The van der Waals surface area contributed by atoms with Crippen LogP contribution in [0.4, 0.5) is 5.69 Å². The van der Waals surface area contributed by atoms with E-state index in [0.717, 1.165) is 34.8 Å². The minimum absolute atomic E-state index is 0.0315. The molecule has 25 heavy (non-hydrogen) atoms. The van der Waals surface area contributed by atoms with Crippen LogP contribution in [0, 0.1) is 0 Å². The Morgan fingerprint density at radius 2 is 1.96 bits per heavy atom. The number of carbonyl (C=O) groups excluding carboxylic acids is 1. The highest BCUT2D eigenvalue weighted by atomic mass is 16.1. The van der Waals surface area contributed by atoms with Crippen LogP contribution in [-0.2, 0) is 6.42 Å². The number of carbonyl (C=O) groups is 1. The zero-order valence-electron chi connectivity index (χ0n) is 14.2. The van der Waals surface area contributed by atoms with Gasteiger partial charge in [0, 0.05) is 50.2 Å². The molecular weight excluding hydrogens is 314 g/mol. The van der Waals surface area contributed by atoms with E-state index in [2.05, 4.69) is 15.3 Å². The molecule has 126 valence electrons. The van der Waals surface area contributed by atoms with Crippen molar-refractivity contribution in [1.29, 1.82) is 0 Å². The summed E-state index contributed by atoms with van der Waals surface area (Å²) in [5, 5.41) is 2.86. The smallest absolute Gasteiger partial charge is 0.253 e. The number of aromatic amines is 1. The van der Waals surface area contributed by atoms with Crippen LogP contribution in [0.2, 0.25) is 0 Å². The maximum absolute atomic E-state index is 12.0. The number of anilines is 1. The molecule has 0 spiro atoms. The van der Waals surface area contributed by atoms with Gasteiger partial charge in [-0.15, -0.1) is 0 Å². The Labute approximate surface area is 145 Å². The standard InChI is InChI=1S/C19H19N5O/c1-24(2)17-6-4-3-5-12(17)18-20-9-8-15(23-18)16-11-13-14(22-16)7-10-21-19(13)25/h3-6,8-9,11,22H,7,10H2,1-2H3,(H,21,25). The van der Waals surface area contributed by atoms with Crippen molar-refractivity contribution in [3.8, 4) is 22.8 Å². The molecule has 6 heteroatoms. The highest BCUT2D eigenvalue weighted by molar-refractivity contribution is 5.97. The fourth-order valence-electron chi connectivity index (χ4n) is 3.12. The number of nitrogens with zero attached hydrogens (tertiary/aromatic N) is 3. The maximum Gasteiger partial charge on any atom is 0.253 e. The molecule has 0 fully saturated rings. The normalized spacial score (nSPS) is 13.3. The lowest BCUT2D eigenvalue weighted by Gasteiger charge is -2.16. The summed E-state index contributed by atoms with van der Waals surface area (Å²) in [5.74, 6) is 0.634. The highest BCUT2D eigenvalue weighted by Crippen LogP contribution is 2.29. The number of hydrogen-bond donors (Lipinski definition) is 2. The van der Waals surface area contributed by atoms with Gasteiger partial charge >= 0.3 is 0 Å². The molecule has 2 aromatic heterocycles. The monoisotopic (exact) mass is 333 g/mol. The van der Waals surface area contributed by atoms with Gasteiger partial charge < -0.3 is 15.2 Å². The van der Waals surface area contributed by atoms with E-state index in [4.69, 9.17) is 4.98 Å². The van der Waals surface area contributed by atoms with Crippen LogP contribution < -0.4 is 10.2 Å². The van der Waals surface area contributed by atoms with Crippen molar-refractivity contribution < 1.29 is 4.79 Å². The molecule has 3 aromatic rings. The molecule has 1 amide bonds. The predicted molar refractivity (Wildman–Crippen MR) is 97.6 cm³/mol. The minimum atomic E-state index is -0.0315. The zero-order valence-corrected chi connectivity index (χ0v) is 14.2. The molecule has 3 heterocycles. The SMILES string of the molecule is CN(C)c1ccccc1-c1nccc(-c2cc3c([nH]2)CCNC3=O)n1. The Balaban J connectivity index is 1.78. The summed E-state index contributed by atoms with van der Waals surface area (Å²) in [7, 11) is 4.00. The molecule has 1 aromatic carbocycles. The summed E-state index contributed by atoms with van der Waals surface area (Å²) in [5.41, 5.74) is 5.32. The lowest BCUT2D eigenvalue weighted by Crippen LogP contribution is -2.31. The molecule has 4 rings (SSSR count). The molecule has 1 aliphatic heterocycles. The first-order valence-electron chi connectivity index (χ1n) is 8.23. The van der Waals surface area contributed by atoms with Gasteiger partial charge in [0.15, 0.2) is 5.82 Å². The Bertz CT molecular complexity index is 944. The molecule has 0 bridgehead atoms. The third-order valence-electron chi connectivity index (χ3n) is 4.36. The highest BCUT2D eigenvalue weighted by Gasteiger charge is 2.20. The first kappa shape index (κ1) is 15.4. The van der Waals surface area contributed by atoms with E-state index in [1.165, 1.54) is 0 Å². The van der Waals surface area contributed by atoms with Crippen LogP contribution in [0.15, 0.2) is 42.6 Å². The van der Waals surface area contributed by atoms with Crippen LogP contribution in [0.3, 0.4) is 0 Å². The largest absolute Gasteiger partial charge is 0.377 e. The summed E-state index contributed by atoms with van der Waals surface area (Å²) >= 11 is 0. The Hall–Kier alpha value is -3.15. The van der Waals surface area contributed by atoms with Gasteiger partial charge in [-0.05, 0) is 24.3 Å². The zero-order chi connectivity index (χ0) is 17.4. The fourth-order valence-corrected chi connectivity index (χ4v) is 3.12. The molecule has 0 aliphatic carbocycles. The third kappa shape index (κ3) is 2.76. The number of hydrogen-bond acceptors (Lipinski definition) is 4. The summed E-state index contributed by atoms with van der Waals surface area (Å²) < 4.78 is 0. The van der Waals surface area contributed by atoms with Gasteiger partial charge in [-0.25, -0.2) is 9.97 Å². The van der Waals surface area contributed by atoms with E-state index in [-0.39, 0.29) is 5.91 Å². The maximum atomic E-state index is 12.0. The molecule has 0 radical (unpaired) electrons. The van der Waals surface area contributed by atoms with Crippen LogP contribution in [0.25, 0.3) is 22.8 Å². The summed E-state index contributed by atoms with van der Waals surface area (Å²) in [6, 6.07) is 11.8. The van der Waals surface area contributed by atoms with E-state index in [1.54, 1.807) is 6.20 Å². The van der Waals surface area contributed by atoms with Crippen molar-refractivity contribution in [1.82, 2.24) is 20.3 Å². The van der Waals surface area contributed by atoms with Crippen molar-refractivity contribution in [3.05, 3.63) is 53.9 Å². The summed E-state index contributed by atoms with van der Waals surface area (Å²) in [4.78, 5) is 26.5. The van der Waals surface area contributed by atoms with E-state index < -0.39 is 0 Å². The van der Waals surface area contributed by atoms with E-state index in [9.17, 15) is 4.79 Å². The number of aromatic nitrogens is 3. The minimum Gasteiger partial charge on any atom is -0.377 e. The van der Waals surface area contributed by atoms with Gasteiger partial charge in [0.05, 0.1) is 17.0 Å². The van der Waals surface area contributed by atoms with Crippen molar-refractivity contribution >= 4 is 11.6 Å². The lowest BCUT2D eigenvalue weighted by molar-refractivity contribution is 0.0946. The lowest BCUT2D eigenvalue weighted by atomic mass is 10.1. The second-order valence-electron chi connectivity index (χ2n) is 6.26. The van der Waals surface area contributed by atoms with Crippen molar-refractivity contribution in [2.45, 2.75) is 6.42 Å². The number of amides is 1. The number of nitrogens with one attached hydrogen (secondary N) is 2. The Morgan fingerprint density at radius 3 is 2.76 bits per heavy atom. The van der Waals surface area contributed by atoms with Gasteiger partial charge in [-0.1, -0.05) is 12.1 Å². The first-order valence-corrected chi connectivity index (χ1v) is 8.23. The van der Waals surface area contributed by atoms with Crippen molar-refractivity contribution in [2.24, 2.45) is 0 Å². The summed E-state index contributed by atoms with van der Waals surface area (Å²) in [6.07, 6.45) is 2.56. The molecule has 6 nitrogen and oxygen atoms in total. The number of benzene rings is 1. The average Bonchev–Trinajstić information content (AvgIpc) is 3.08. The molecule has 0 unspecified atom stereocenters. The quantitative estimate of drug-likeness (QED) is 0.772. The molecule has 0 atom stereocenters. The second kappa shape index (κ2) is 6.05. The van der Waals surface area contributed by atoms with Gasteiger partial charge in [-0.3, -0.25) is 4.79 Å². The number of para-hydroxylation sites is 1. The van der Waals surface area contributed by atoms with E-state index in [1.807, 2.05) is 55.4 Å². The van der Waals surface area contributed by atoms with Crippen molar-refractivity contribution in [3.63, 3.8) is 0 Å². The van der Waals surface area contributed by atoms with Gasteiger partial charge in [0.2, 0.25) is 0 Å². The van der Waals surface area contributed by atoms with E-state index in [0.29, 0.717) is 17.9 Å². The van der Waals surface area contributed by atoms with Crippen molar-refractivity contribution in [2.75, 3.05) is 25.5 Å². The molecular formula is C19H19N5O. The van der Waals surface area contributed by atoms with Crippen LogP contribution in [0.1, 0.15) is 16.1 Å². The van der Waals surface area contributed by atoms with E-state index >= 15 is 0 Å². The number of H-pyrrole nitrogens is 1. The van der Waals surface area contributed by atoms with Crippen LogP contribution in [-0.4, -0.2) is 41.5 Å². The third-order valence-corrected chi connectivity index (χ3v) is 4.36. The second-order valence-corrected chi connectivity index (χ2v) is 6.26. The number of rotatable bonds is 3. The Morgan fingerprint density at radius 1 is 1.12 bits per heavy atom. The average molecular weight is 333 g/mol. The van der Waals surface area contributed by atoms with Gasteiger partial charge in [-0.2, -0.15) is 0 Å².